The highest BCUT2D eigenvalue weighted by molar-refractivity contribution is 7.89. The number of hydrogen-bond acceptors (Lipinski definition) is 5. The molecule has 8 heteroatoms. The summed E-state index contributed by atoms with van der Waals surface area (Å²) in [5.41, 5.74) is 7.15. The van der Waals surface area contributed by atoms with Gasteiger partial charge in [0.1, 0.15) is 5.75 Å². The SMILES string of the molecule is Cc1ccc(C)c(S(=O)(=O)N/N=C/c2ccc(OCC(N)=O)cc2)c1. The summed E-state index contributed by atoms with van der Waals surface area (Å²) in [6.45, 7) is 3.34. The topological polar surface area (TPSA) is 111 Å². The highest BCUT2D eigenvalue weighted by Gasteiger charge is 2.15. The Morgan fingerprint density at radius 1 is 1.20 bits per heavy atom. The van der Waals surface area contributed by atoms with Crippen LogP contribution in [0.2, 0.25) is 0 Å². The molecular weight excluding hydrogens is 342 g/mol. The van der Waals surface area contributed by atoms with Crippen LogP contribution in [-0.4, -0.2) is 27.1 Å². The van der Waals surface area contributed by atoms with Crippen molar-refractivity contribution >= 4 is 22.1 Å². The molecule has 2 rings (SSSR count). The minimum Gasteiger partial charge on any atom is -0.484 e. The summed E-state index contributed by atoms with van der Waals surface area (Å²) in [5, 5.41) is 3.79. The lowest BCUT2D eigenvalue weighted by Gasteiger charge is -2.07. The van der Waals surface area contributed by atoms with Gasteiger partial charge in [-0.1, -0.05) is 12.1 Å². The standard InChI is InChI=1S/C17H19N3O4S/c1-12-3-4-13(2)16(9-12)25(22,23)20-19-10-14-5-7-15(8-6-14)24-11-17(18)21/h3-10,20H,11H2,1-2H3,(H2,18,21)/b19-10+. The first-order valence-corrected chi connectivity index (χ1v) is 8.89. The lowest BCUT2D eigenvalue weighted by atomic mass is 10.2. The van der Waals surface area contributed by atoms with Crippen LogP contribution >= 0.6 is 0 Å². The zero-order valence-electron chi connectivity index (χ0n) is 13.9. The number of hydrazone groups is 1. The summed E-state index contributed by atoms with van der Waals surface area (Å²) in [6.07, 6.45) is 1.38. The number of nitrogens with zero attached hydrogens (tertiary/aromatic N) is 1. The number of carbonyl (C=O) groups is 1. The van der Waals surface area contributed by atoms with Crippen molar-refractivity contribution in [3.63, 3.8) is 0 Å². The second-order valence-electron chi connectivity index (χ2n) is 5.45. The van der Waals surface area contributed by atoms with Gasteiger partial charge in [-0.05, 0) is 60.9 Å². The first-order chi connectivity index (χ1) is 11.8. The van der Waals surface area contributed by atoms with Crippen molar-refractivity contribution in [2.75, 3.05) is 6.61 Å². The Balaban J connectivity index is 2.04. The molecule has 0 aliphatic heterocycles. The highest BCUT2D eigenvalue weighted by Crippen LogP contribution is 2.16. The lowest BCUT2D eigenvalue weighted by molar-refractivity contribution is -0.119. The molecule has 0 unspecified atom stereocenters. The van der Waals surface area contributed by atoms with E-state index >= 15 is 0 Å². The summed E-state index contributed by atoms with van der Waals surface area (Å²) < 4.78 is 29.8. The molecule has 0 saturated carbocycles. The first-order valence-electron chi connectivity index (χ1n) is 7.41. The molecule has 0 aliphatic carbocycles. The van der Waals surface area contributed by atoms with Crippen LogP contribution in [0.3, 0.4) is 0 Å². The monoisotopic (exact) mass is 361 g/mol. The summed E-state index contributed by atoms with van der Waals surface area (Å²) in [4.78, 5) is 13.0. The summed E-state index contributed by atoms with van der Waals surface area (Å²) in [7, 11) is -3.73. The second-order valence-corrected chi connectivity index (χ2v) is 7.08. The normalized spacial score (nSPS) is 11.4. The van der Waals surface area contributed by atoms with E-state index in [1.54, 1.807) is 43.3 Å². The molecule has 0 bridgehead atoms. The van der Waals surface area contributed by atoms with Gasteiger partial charge in [0.15, 0.2) is 6.61 Å². The minimum atomic E-state index is -3.73. The van der Waals surface area contributed by atoms with Crippen molar-refractivity contribution in [2.45, 2.75) is 18.7 Å². The van der Waals surface area contributed by atoms with E-state index in [1.807, 2.05) is 13.0 Å². The third kappa shape index (κ3) is 5.32. The fourth-order valence-corrected chi connectivity index (χ4v) is 3.14. The lowest BCUT2D eigenvalue weighted by Crippen LogP contribution is -2.20. The smallest absolute Gasteiger partial charge is 0.276 e. The molecule has 7 nitrogen and oxygen atoms in total. The number of hydrogen-bond donors (Lipinski definition) is 2. The Morgan fingerprint density at radius 3 is 2.52 bits per heavy atom. The molecule has 0 heterocycles. The van der Waals surface area contributed by atoms with Gasteiger partial charge in [-0.2, -0.15) is 13.5 Å². The number of benzene rings is 2. The maximum Gasteiger partial charge on any atom is 0.276 e. The van der Waals surface area contributed by atoms with Crippen LogP contribution < -0.4 is 15.3 Å². The third-order valence-electron chi connectivity index (χ3n) is 3.28. The van der Waals surface area contributed by atoms with E-state index in [9.17, 15) is 13.2 Å². The minimum absolute atomic E-state index is 0.194. The molecule has 0 atom stereocenters. The Labute approximate surface area is 146 Å². The van der Waals surface area contributed by atoms with E-state index in [2.05, 4.69) is 9.93 Å². The van der Waals surface area contributed by atoms with Gasteiger partial charge in [0.25, 0.3) is 15.9 Å². The zero-order chi connectivity index (χ0) is 18.4. The zero-order valence-corrected chi connectivity index (χ0v) is 14.7. The van der Waals surface area contributed by atoms with E-state index in [0.717, 1.165) is 5.56 Å². The van der Waals surface area contributed by atoms with Crippen LogP contribution in [0, 0.1) is 13.8 Å². The van der Waals surface area contributed by atoms with E-state index in [-0.39, 0.29) is 11.5 Å². The van der Waals surface area contributed by atoms with Crippen molar-refractivity contribution < 1.29 is 17.9 Å². The molecule has 0 fully saturated rings. The van der Waals surface area contributed by atoms with Crippen LogP contribution in [0.4, 0.5) is 0 Å². The average molecular weight is 361 g/mol. The molecule has 0 saturated heterocycles. The molecule has 0 aliphatic rings. The van der Waals surface area contributed by atoms with Crippen LogP contribution in [0.15, 0.2) is 52.5 Å². The number of carbonyl (C=O) groups excluding carboxylic acids is 1. The Morgan fingerprint density at radius 2 is 1.88 bits per heavy atom. The maximum atomic E-state index is 12.3. The van der Waals surface area contributed by atoms with Gasteiger partial charge in [-0.25, -0.2) is 4.83 Å². The van der Waals surface area contributed by atoms with Crippen LogP contribution in [0.1, 0.15) is 16.7 Å². The fourth-order valence-electron chi connectivity index (χ4n) is 2.02. The van der Waals surface area contributed by atoms with Gasteiger partial charge in [-0.15, -0.1) is 0 Å². The van der Waals surface area contributed by atoms with E-state index < -0.39 is 15.9 Å². The highest BCUT2D eigenvalue weighted by atomic mass is 32.2. The molecule has 1 amide bonds. The average Bonchev–Trinajstić information content (AvgIpc) is 2.56. The summed E-state index contributed by atoms with van der Waals surface area (Å²) in [6, 6.07) is 11.8. The van der Waals surface area contributed by atoms with Gasteiger partial charge < -0.3 is 10.5 Å². The molecule has 2 aromatic carbocycles. The number of rotatable bonds is 7. The number of amides is 1. The van der Waals surface area contributed by atoms with E-state index in [1.165, 1.54) is 6.21 Å². The summed E-state index contributed by atoms with van der Waals surface area (Å²) in [5.74, 6) is -0.0848. The maximum absolute atomic E-state index is 12.3. The van der Waals surface area contributed by atoms with Crippen molar-refractivity contribution in [3.05, 3.63) is 59.2 Å². The molecular formula is C17H19N3O4S. The van der Waals surface area contributed by atoms with Crippen LogP contribution in [0.5, 0.6) is 5.75 Å². The predicted octanol–water partition coefficient (Wildman–Crippen LogP) is 1.48. The second kappa shape index (κ2) is 7.80. The van der Waals surface area contributed by atoms with Crippen molar-refractivity contribution in [3.8, 4) is 5.75 Å². The third-order valence-corrected chi connectivity index (χ3v) is 4.65. The number of primary amides is 1. The predicted molar refractivity (Wildman–Crippen MR) is 95.0 cm³/mol. The number of aryl methyl sites for hydroxylation is 2. The van der Waals surface area contributed by atoms with Crippen molar-refractivity contribution in [1.82, 2.24) is 4.83 Å². The number of nitrogens with two attached hydrogens (primary N) is 1. The number of sulfonamides is 1. The molecule has 0 spiro atoms. The van der Waals surface area contributed by atoms with E-state index in [4.69, 9.17) is 10.5 Å². The van der Waals surface area contributed by atoms with Crippen LogP contribution in [0.25, 0.3) is 0 Å². The van der Waals surface area contributed by atoms with Crippen LogP contribution in [-0.2, 0) is 14.8 Å². The molecule has 2 aromatic rings. The van der Waals surface area contributed by atoms with Gasteiger partial charge in [0.05, 0.1) is 11.1 Å². The van der Waals surface area contributed by atoms with Gasteiger partial charge in [0.2, 0.25) is 0 Å². The van der Waals surface area contributed by atoms with Gasteiger partial charge in [0, 0.05) is 0 Å². The Kier molecular flexibility index (Phi) is 5.76. The van der Waals surface area contributed by atoms with Crippen molar-refractivity contribution in [2.24, 2.45) is 10.8 Å². The number of ether oxygens (including phenoxy) is 1. The summed E-state index contributed by atoms with van der Waals surface area (Å²) >= 11 is 0. The fraction of sp³-hybridized carbons (Fsp3) is 0.176. The van der Waals surface area contributed by atoms with Gasteiger partial charge >= 0.3 is 0 Å². The Hall–Kier alpha value is -2.87. The Bertz CT molecular complexity index is 891. The molecule has 3 N–H and O–H groups in total. The molecule has 0 aromatic heterocycles. The first kappa shape index (κ1) is 18.5. The van der Waals surface area contributed by atoms with E-state index in [0.29, 0.717) is 16.9 Å². The van der Waals surface area contributed by atoms with Crippen molar-refractivity contribution in [1.29, 1.82) is 0 Å². The molecule has 0 radical (unpaired) electrons. The largest absolute Gasteiger partial charge is 0.484 e. The quantitative estimate of drug-likeness (QED) is 0.575. The molecule has 132 valence electrons. The number of nitrogens with one attached hydrogen (secondary N) is 1. The van der Waals surface area contributed by atoms with Gasteiger partial charge in [-0.3, -0.25) is 4.79 Å². The molecule has 25 heavy (non-hydrogen) atoms.